The summed E-state index contributed by atoms with van der Waals surface area (Å²) in [6, 6.07) is 11.0. The summed E-state index contributed by atoms with van der Waals surface area (Å²) in [5.74, 6) is 0.0176. The molecule has 0 aliphatic carbocycles. The number of nitrogens with one attached hydrogen (secondary N) is 1. The molecule has 1 amide bonds. The highest BCUT2D eigenvalue weighted by Crippen LogP contribution is 2.24. The number of nitro groups is 1. The van der Waals surface area contributed by atoms with Crippen molar-refractivity contribution in [3.8, 4) is 5.75 Å². The predicted octanol–water partition coefficient (Wildman–Crippen LogP) is 3.96. The maximum absolute atomic E-state index is 12.2. The van der Waals surface area contributed by atoms with Gasteiger partial charge in [0.05, 0.1) is 4.92 Å². The van der Waals surface area contributed by atoms with E-state index in [1.165, 1.54) is 18.2 Å². The van der Waals surface area contributed by atoms with Gasteiger partial charge in [-0.05, 0) is 43.7 Å². The van der Waals surface area contributed by atoms with Crippen LogP contribution in [0, 0.1) is 17.0 Å². The van der Waals surface area contributed by atoms with Gasteiger partial charge >= 0.3 is 0 Å². The largest absolute Gasteiger partial charge is 0.481 e. The first-order valence-electron chi connectivity index (χ1n) is 6.85. The first-order valence-corrected chi connectivity index (χ1v) is 7.23. The van der Waals surface area contributed by atoms with Crippen molar-refractivity contribution >= 4 is 28.9 Å². The van der Waals surface area contributed by atoms with Crippen LogP contribution in [0.4, 0.5) is 11.4 Å². The molecule has 2 aromatic rings. The van der Waals surface area contributed by atoms with E-state index in [-0.39, 0.29) is 11.4 Å². The van der Waals surface area contributed by atoms with Crippen LogP contribution in [-0.4, -0.2) is 16.9 Å². The second kappa shape index (κ2) is 7.11. The number of amides is 1. The van der Waals surface area contributed by atoms with Gasteiger partial charge in [-0.2, -0.15) is 0 Å². The molecule has 0 spiro atoms. The van der Waals surface area contributed by atoms with Crippen LogP contribution >= 0.6 is 11.6 Å². The van der Waals surface area contributed by atoms with Crippen molar-refractivity contribution in [3.63, 3.8) is 0 Å². The van der Waals surface area contributed by atoms with Crippen LogP contribution in [0.1, 0.15) is 12.5 Å². The van der Waals surface area contributed by atoms with Gasteiger partial charge in [0.1, 0.15) is 11.4 Å². The molecular formula is C16H15ClN2O4. The first-order chi connectivity index (χ1) is 10.9. The summed E-state index contributed by atoms with van der Waals surface area (Å²) in [6.45, 7) is 3.39. The molecular weight excluding hydrogens is 320 g/mol. The third kappa shape index (κ3) is 4.20. The zero-order valence-corrected chi connectivity index (χ0v) is 13.3. The van der Waals surface area contributed by atoms with E-state index in [0.29, 0.717) is 10.8 Å². The molecule has 0 bridgehead atoms. The SMILES string of the molecule is Cc1cc(O[C@@H](C)C(=O)Nc2ccccc2[N+](=O)[O-])ccc1Cl. The Morgan fingerprint density at radius 1 is 1.30 bits per heavy atom. The van der Waals surface area contributed by atoms with E-state index < -0.39 is 16.9 Å². The first kappa shape index (κ1) is 16.8. The number of nitrogens with zero attached hydrogens (tertiary/aromatic N) is 1. The van der Waals surface area contributed by atoms with Crippen molar-refractivity contribution in [2.24, 2.45) is 0 Å². The van der Waals surface area contributed by atoms with Gasteiger partial charge in [0.15, 0.2) is 6.10 Å². The number of nitro benzene ring substituents is 1. The van der Waals surface area contributed by atoms with Crippen molar-refractivity contribution in [3.05, 3.63) is 63.2 Å². The van der Waals surface area contributed by atoms with E-state index in [1.54, 1.807) is 31.2 Å². The van der Waals surface area contributed by atoms with Gasteiger partial charge in [0.2, 0.25) is 0 Å². The molecule has 7 heteroatoms. The average Bonchev–Trinajstić information content (AvgIpc) is 2.51. The molecule has 6 nitrogen and oxygen atoms in total. The second-order valence-corrected chi connectivity index (χ2v) is 5.34. The molecule has 0 radical (unpaired) electrons. The number of carbonyl (C=O) groups excluding carboxylic acids is 1. The van der Waals surface area contributed by atoms with Gasteiger partial charge in [0, 0.05) is 11.1 Å². The summed E-state index contributed by atoms with van der Waals surface area (Å²) < 4.78 is 5.54. The fraction of sp³-hybridized carbons (Fsp3) is 0.188. The lowest BCUT2D eigenvalue weighted by molar-refractivity contribution is -0.383. The minimum Gasteiger partial charge on any atom is -0.481 e. The number of carbonyl (C=O) groups is 1. The zero-order chi connectivity index (χ0) is 17.0. The van der Waals surface area contributed by atoms with Crippen molar-refractivity contribution in [2.75, 3.05) is 5.32 Å². The summed E-state index contributed by atoms with van der Waals surface area (Å²) in [5, 5.41) is 14.1. The molecule has 0 heterocycles. The molecule has 2 aromatic carbocycles. The molecule has 23 heavy (non-hydrogen) atoms. The smallest absolute Gasteiger partial charge is 0.292 e. The average molecular weight is 335 g/mol. The molecule has 1 atom stereocenters. The van der Waals surface area contributed by atoms with Crippen LogP contribution in [-0.2, 0) is 4.79 Å². The lowest BCUT2D eigenvalue weighted by atomic mass is 10.2. The Bertz CT molecular complexity index is 749. The van der Waals surface area contributed by atoms with Crippen LogP contribution in [0.25, 0.3) is 0 Å². The normalized spacial score (nSPS) is 11.6. The maximum Gasteiger partial charge on any atom is 0.292 e. The van der Waals surface area contributed by atoms with Gasteiger partial charge in [-0.3, -0.25) is 14.9 Å². The van der Waals surface area contributed by atoms with Crippen LogP contribution in [0.2, 0.25) is 5.02 Å². The summed E-state index contributed by atoms with van der Waals surface area (Å²) in [7, 11) is 0. The molecule has 0 fully saturated rings. The van der Waals surface area contributed by atoms with Crippen molar-refractivity contribution in [2.45, 2.75) is 20.0 Å². The van der Waals surface area contributed by atoms with Crippen molar-refractivity contribution in [1.29, 1.82) is 0 Å². The molecule has 0 unspecified atom stereocenters. The van der Waals surface area contributed by atoms with Crippen LogP contribution in [0.3, 0.4) is 0 Å². The van der Waals surface area contributed by atoms with Gasteiger partial charge in [-0.15, -0.1) is 0 Å². The second-order valence-electron chi connectivity index (χ2n) is 4.93. The van der Waals surface area contributed by atoms with Crippen LogP contribution in [0.15, 0.2) is 42.5 Å². The van der Waals surface area contributed by atoms with Crippen LogP contribution < -0.4 is 10.1 Å². The molecule has 0 saturated carbocycles. The summed E-state index contributed by atoms with van der Waals surface area (Å²) in [5.41, 5.74) is 0.788. The van der Waals surface area contributed by atoms with Crippen molar-refractivity contribution < 1.29 is 14.5 Å². The Balaban J connectivity index is 2.08. The number of benzene rings is 2. The van der Waals surface area contributed by atoms with E-state index >= 15 is 0 Å². The number of anilines is 1. The number of hydrogen-bond donors (Lipinski definition) is 1. The number of para-hydroxylation sites is 2. The zero-order valence-electron chi connectivity index (χ0n) is 12.6. The quantitative estimate of drug-likeness (QED) is 0.662. The minimum atomic E-state index is -0.824. The molecule has 120 valence electrons. The standard InChI is InChI=1S/C16H15ClN2O4/c1-10-9-12(7-8-13(10)17)23-11(2)16(20)18-14-5-3-4-6-15(14)19(21)22/h3-9,11H,1-2H3,(H,18,20)/t11-/m0/s1. The maximum atomic E-state index is 12.2. The predicted molar refractivity (Wildman–Crippen MR) is 88.0 cm³/mol. The number of ether oxygens (including phenoxy) is 1. The van der Waals surface area contributed by atoms with Gasteiger partial charge < -0.3 is 10.1 Å². The molecule has 0 aliphatic heterocycles. The highest BCUT2D eigenvalue weighted by atomic mass is 35.5. The Kier molecular flexibility index (Phi) is 5.18. The van der Waals surface area contributed by atoms with Crippen molar-refractivity contribution in [1.82, 2.24) is 0 Å². The molecule has 0 saturated heterocycles. The highest BCUT2D eigenvalue weighted by molar-refractivity contribution is 6.31. The van der Waals surface area contributed by atoms with Gasteiger partial charge in [0.25, 0.3) is 11.6 Å². The monoisotopic (exact) mass is 334 g/mol. The Labute approximate surface area is 138 Å². The highest BCUT2D eigenvalue weighted by Gasteiger charge is 2.20. The molecule has 1 N–H and O–H groups in total. The topological polar surface area (TPSA) is 81.5 Å². The number of halogens is 1. The number of aryl methyl sites for hydroxylation is 1. The Morgan fingerprint density at radius 2 is 2.00 bits per heavy atom. The van der Waals surface area contributed by atoms with E-state index in [9.17, 15) is 14.9 Å². The summed E-state index contributed by atoms with van der Waals surface area (Å²) in [4.78, 5) is 22.6. The fourth-order valence-corrected chi connectivity index (χ4v) is 2.04. The van der Waals surface area contributed by atoms with E-state index in [1.807, 2.05) is 6.92 Å². The van der Waals surface area contributed by atoms with E-state index in [0.717, 1.165) is 5.56 Å². The molecule has 0 aliphatic rings. The van der Waals surface area contributed by atoms with Crippen LogP contribution in [0.5, 0.6) is 5.75 Å². The fourth-order valence-electron chi connectivity index (χ4n) is 1.92. The van der Waals surface area contributed by atoms with E-state index in [2.05, 4.69) is 5.32 Å². The summed E-state index contributed by atoms with van der Waals surface area (Å²) >= 11 is 5.94. The van der Waals surface area contributed by atoms with Gasteiger partial charge in [-0.1, -0.05) is 23.7 Å². The lowest BCUT2D eigenvalue weighted by Gasteiger charge is -2.15. The van der Waals surface area contributed by atoms with E-state index in [4.69, 9.17) is 16.3 Å². The Hall–Kier alpha value is -2.60. The third-order valence-electron chi connectivity index (χ3n) is 3.17. The summed E-state index contributed by atoms with van der Waals surface area (Å²) in [6.07, 6.45) is -0.824. The number of hydrogen-bond acceptors (Lipinski definition) is 4. The number of rotatable bonds is 5. The van der Waals surface area contributed by atoms with Gasteiger partial charge in [-0.25, -0.2) is 0 Å². The third-order valence-corrected chi connectivity index (χ3v) is 3.59. The molecule has 2 rings (SSSR count). The Morgan fingerprint density at radius 3 is 2.65 bits per heavy atom. The minimum absolute atomic E-state index is 0.130. The lowest BCUT2D eigenvalue weighted by Crippen LogP contribution is -2.30. The molecule has 0 aromatic heterocycles.